The number of hydrogen-bond donors (Lipinski definition) is 0. The lowest BCUT2D eigenvalue weighted by Crippen LogP contribution is -1.97. The Morgan fingerprint density at radius 1 is 0.200 bits per heavy atom. The van der Waals surface area contributed by atoms with Gasteiger partial charge in [-0.1, -0.05) is 279 Å². The van der Waals surface area contributed by atoms with Crippen LogP contribution in [0.5, 0.6) is 0 Å². The zero-order valence-electron chi connectivity index (χ0n) is 58.9. The van der Waals surface area contributed by atoms with Crippen LogP contribution in [-0.4, -0.2) is 38.7 Å². The number of pyridine rings is 2. The fourth-order valence-electron chi connectivity index (χ4n) is 17.0. The number of para-hydroxylation sites is 2. The Hall–Kier alpha value is -15.0. The first kappa shape index (κ1) is 61.3. The van der Waals surface area contributed by atoms with Gasteiger partial charge in [-0.3, -0.25) is 8.80 Å². The molecule has 24 aromatic rings. The molecule has 510 valence electrons. The molecule has 10 nitrogen and oxygen atoms in total. The fraction of sp³-hybridized carbons (Fsp3) is 0. The van der Waals surface area contributed by atoms with Gasteiger partial charge >= 0.3 is 0 Å². The van der Waals surface area contributed by atoms with Crippen molar-refractivity contribution in [3.63, 3.8) is 0 Å². The zero-order valence-corrected chi connectivity index (χ0v) is 58.9. The van der Waals surface area contributed by atoms with E-state index in [0.29, 0.717) is 0 Å². The summed E-state index contributed by atoms with van der Waals surface area (Å²) in [5.41, 5.74) is 27.2. The van der Waals surface area contributed by atoms with Crippen LogP contribution in [0.4, 0.5) is 0 Å². The Morgan fingerprint density at radius 3 is 1.05 bits per heavy atom. The number of aromatic nitrogens is 8. The van der Waals surface area contributed by atoms with Crippen molar-refractivity contribution in [2.24, 2.45) is 0 Å². The second-order valence-corrected chi connectivity index (χ2v) is 28.4. The molecule has 0 atom stereocenters. The van der Waals surface area contributed by atoms with Crippen molar-refractivity contribution < 1.29 is 8.83 Å². The van der Waals surface area contributed by atoms with Crippen LogP contribution < -0.4 is 0 Å². The molecule has 0 saturated carbocycles. The van der Waals surface area contributed by atoms with E-state index in [0.717, 1.165) is 221 Å². The highest BCUT2D eigenvalue weighted by atomic mass is 16.3. The number of fused-ring (bicyclic) bond motifs is 26. The molecular formula is C100H58N8O2. The van der Waals surface area contributed by atoms with Crippen molar-refractivity contribution in [3.8, 4) is 78.4 Å². The molecule has 0 spiro atoms. The second kappa shape index (κ2) is 24.3. The number of hydrogen-bond acceptors (Lipinski definition) is 8. The molecule has 0 aliphatic rings. The van der Waals surface area contributed by atoms with Crippen LogP contribution in [-0.2, 0) is 0 Å². The molecule has 0 N–H and O–H groups in total. The number of nitrogens with zero attached hydrogens (tertiary/aromatic N) is 8. The van der Waals surface area contributed by atoms with E-state index in [2.05, 4.69) is 300 Å². The molecule has 0 amide bonds. The molecular weight excluding hydrogens is 1350 g/mol. The van der Waals surface area contributed by atoms with E-state index in [1.54, 1.807) is 0 Å². The van der Waals surface area contributed by atoms with E-state index in [4.69, 9.17) is 38.7 Å². The SMILES string of the molecule is c1ccc(-c2cc3nc(-c4ccccc4)c(-c4ccccc4)nc3cc2-c2ccc3c(c2)c2ccccc2c2nc4cc5c(cn4c32)oc2ccccc25)cc1.c1ccc(-c2nc3ccc4cc(-c5ccc6c(c5)c5ccccc5c5nc7cc8c(cn7c65)oc5ccccc58)ccc4c3nc2-c2ccccc2)cc1. The monoisotopic (exact) mass is 1400 g/mol. The third kappa shape index (κ3) is 9.69. The number of rotatable bonds is 7. The highest BCUT2D eigenvalue weighted by Gasteiger charge is 2.24. The molecule has 0 fully saturated rings. The number of imidazole rings is 2. The first-order chi connectivity index (χ1) is 54.5. The topological polar surface area (TPSA) is 112 Å². The molecule has 110 heavy (non-hydrogen) atoms. The van der Waals surface area contributed by atoms with Crippen molar-refractivity contribution in [3.05, 3.63) is 352 Å². The van der Waals surface area contributed by atoms with Gasteiger partial charge in [0.15, 0.2) is 11.2 Å². The summed E-state index contributed by atoms with van der Waals surface area (Å²) in [6, 6.07) is 119. The van der Waals surface area contributed by atoms with E-state index in [9.17, 15) is 0 Å². The summed E-state index contributed by atoms with van der Waals surface area (Å²) in [5, 5.41) is 15.8. The van der Waals surface area contributed by atoms with Crippen LogP contribution in [0.25, 0.3) is 232 Å². The van der Waals surface area contributed by atoms with Crippen molar-refractivity contribution in [1.29, 1.82) is 0 Å². The van der Waals surface area contributed by atoms with Crippen LogP contribution in [0.3, 0.4) is 0 Å². The van der Waals surface area contributed by atoms with Crippen LogP contribution >= 0.6 is 0 Å². The quantitative estimate of drug-likeness (QED) is 0.145. The van der Waals surface area contributed by atoms with E-state index in [1.807, 2.05) is 60.7 Å². The number of furan rings is 2. The fourth-order valence-corrected chi connectivity index (χ4v) is 17.0. The van der Waals surface area contributed by atoms with Crippen LogP contribution in [0.1, 0.15) is 0 Å². The van der Waals surface area contributed by atoms with E-state index >= 15 is 0 Å². The molecule has 0 radical (unpaired) electrons. The maximum Gasteiger partial charge on any atom is 0.152 e. The van der Waals surface area contributed by atoms with Gasteiger partial charge in [-0.25, -0.2) is 29.9 Å². The lowest BCUT2D eigenvalue weighted by atomic mass is 9.91. The van der Waals surface area contributed by atoms with Gasteiger partial charge in [-0.15, -0.1) is 0 Å². The molecule has 8 heterocycles. The third-order valence-corrected chi connectivity index (χ3v) is 22.1. The Kier molecular flexibility index (Phi) is 13.5. The van der Waals surface area contributed by atoms with E-state index in [-0.39, 0.29) is 0 Å². The van der Waals surface area contributed by atoms with Gasteiger partial charge in [0.2, 0.25) is 0 Å². The molecule has 0 unspecified atom stereocenters. The lowest BCUT2D eigenvalue weighted by Gasteiger charge is -2.16. The third-order valence-electron chi connectivity index (χ3n) is 22.1. The molecule has 0 aliphatic carbocycles. The highest BCUT2D eigenvalue weighted by molar-refractivity contribution is 6.27. The average Bonchev–Trinajstić information content (AvgIpc) is 1.53. The minimum absolute atomic E-state index is 0.839. The molecule has 0 bridgehead atoms. The highest BCUT2D eigenvalue weighted by Crippen LogP contribution is 2.46. The van der Waals surface area contributed by atoms with Crippen LogP contribution in [0.2, 0.25) is 0 Å². The Balaban J connectivity index is 0.000000132. The van der Waals surface area contributed by atoms with Crippen LogP contribution in [0, 0.1) is 0 Å². The van der Waals surface area contributed by atoms with Crippen molar-refractivity contribution in [1.82, 2.24) is 38.7 Å². The zero-order chi connectivity index (χ0) is 72.1. The molecule has 10 heteroatoms. The molecule has 0 saturated heterocycles. The second-order valence-electron chi connectivity index (χ2n) is 28.4. The lowest BCUT2D eigenvalue weighted by molar-refractivity contribution is 0.666. The summed E-state index contributed by atoms with van der Waals surface area (Å²) in [5.74, 6) is 0. The summed E-state index contributed by atoms with van der Waals surface area (Å²) in [4.78, 5) is 31.8. The molecule has 8 aromatic heterocycles. The van der Waals surface area contributed by atoms with Gasteiger partial charge in [0.05, 0.1) is 79.3 Å². The van der Waals surface area contributed by atoms with Crippen molar-refractivity contribution in [2.75, 3.05) is 0 Å². The largest absolute Gasteiger partial charge is 0.455 e. The van der Waals surface area contributed by atoms with Gasteiger partial charge in [-0.05, 0) is 121 Å². The molecule has 24 rings (SSSR count). The van der Waals surface area contributed by atoms with E-state index in [1.165, 1.54) is 10.8 Å². The predicted octanol–water partition coefficient (Wildman–Crippen LogP) is 26.1. The first-order valence-corrected chi connectivity index (χ1v) is 37.0. The standard InChI is InChI=1S/C51H30N4O.C49H28N4O/c1-4-14-31(15-5-1)39-27-43-44(53-49(33-18-8-3-9-19-33)48(52-43)32-16-6-2-7-17-32)28-40(39)34-24-25-38-41(26-34)35-20-10-11-22-37(35)50-51(38)55-30-46-42(29-47(55)54-50)36-21-12-13-23-45(36)56-46;1-3-11-29(12-4-1)45-46(30-13-5-2-6-14-30)52-47-34-22-19-31(25-33(34)21-24-41(47)50-45)32-20-23-38-39(26-32)35-15-7-8-17-37(35)48-49(38)53-28-43-40(27-44(53)51-48)36-16-9-10-18-42(36)54-43/h1-30H;1-28H. The predicted molar refractivity (Wildman–Crippen MR) is 452 cm³/mol. The maximum atomic E-state index is 6.36. The number of benzene rings is 16. The van der Waals surface area contributed by atoms with Crippen LogP contribution in [0.15, 0.2) is 361 Å². The van der Waals surface area contributed by atoms with Gasteiger partial charge < -0.3 is 8.83 Å². The minimum atomic E-state index is 0.839. The van der Waals surface area contributed by atoms with Gasteiger partial charge in [0.25, 0.3) is 0 Å². The summed E-state index contributed by atoms with van der Waals surface area (Å²) in [6.45, 7) is 0. The van der Waals surface area contributed by atoms with Gasteiger partial charge in [-0.2, -0.15) is 0 Å². The summed E-state index contributed by atoms with van der Waals surface area (Å²) in [6.07, 6.45) is 4.20. The minimum Gasteiger partial charge on any atom is -0.455 e. The first-order valence-electron chi connectivity index (χ1n) is 37.0. The van der Waals surface area contributed by atoms with Gasteiger partial charge in [0, 0.05) is 70.7 Å². The van der Waals surface area contributed by atoms with Crippen molar-refractivity contribution in [2.45, 2.75) is 0 Å². The summed E-state index contributed by atoms with van der Waals surface area (Å²) < 4.78 is 17.1. The smallest absolute Gasteiger partial charge is 0.152 e. The molecule has 0 aliphatic heterocycles. The Morgan fingerprint density at radius 2 is 0.573 bits per heavy atom. The normalized spacial score (nSPS) is 12.0. The van der Waals surface area contributed by atoms with Gasteiger partial charge in [0.1, 0.15) is 22.5 Å². The Bertz CT molecular complexity index is 7950. The summed E-state index contributed by atoms with van der Waals surface area (Å²) >= 11 is 0. The maximum absolute atomic E-state index is 6.36. The Labute approximate surface area is 627 Å². The van der Waals surface area contributed by atoms with Crippen molar-refractivity contribution >= 4 is 153 Å². The average molecular weight is 1400 g/mol. The summed E-state index contributed by atoms with van der Waals surface area (Å²) in [7, 11) is 0. The molecule has 16 aromatic carbocycles. The van der Waals surface area contributed by atoms with E-state index < -0.39 is 0 Å².